The summed E-state index contributed by atoms with van der Waals surface area (Å²) in [6, 6.07) is 3.30. The molecule has 3 N–H and O–H groups in total. The minimum atomic E-state index is -1.02. The number of aliphatic carboxylic acids is 1. The summed E-state index contributed by atoms with van der Waals surface area (Å²) in [5, 5.41) is 15.1. The van der Waals surface area contributed by atoms with Crippen molar-refractivity contribution in [3.63, 3.8) is 0 Å². The van der Waals surface area contributed by atoms with Gasteiger partial charge in [0.2, 0.25) is 0 Å². The maximum Gasteiger partial charge on any atom is 0.326 e. The van der Waals surface area contributed by atoms with Crippen molar-refractivity contribution in [1.29, 1.82) is 0 Å². The van der Waals surface area contributed by atoms with E-state index in [1.807, 2.05) is 27.7 Å². The van der Waals surface area contributed by atoms with E-state index in [0.717, 1.165) is 6.42 Å². The lowest BCUT2D eigenvalue weighted by molar-refractivity contribution is -0.144. The van der Waals surface area contributed by atoms with Crippen molar-refractivity contribution in [1.82, 2.24) is 10.2 Å². The van der Waals surface area contributed by atoms with Crippen LogP contribution in [-0.2, 0) is 4.79 Å². The molecule has 0 aromatic heterocycles. The van der Waals surface area contributed by atoms with Crippen LogP contribution in [0.15, 0.2) is 18.2 Å². The smallest absolute Gasteiger partial charge is 0.326 e. The Balaban J connectivity index is 2.23. The Hall–Kier alpha value is -2.28. The van der Waals surface area contributed by atoms with Crippen molar-refractivity contribution < 1.29 is 19.5 Å². The van der Waals surface area contributed by atoms with Crippen LogP contribution < -0.4 is 10.6 Å². The fourth-order valence-electron chi connectivity index (χ4n) is 3.04. The van der Waals surface area contributed by atoms with E-state index in [1.54, 1.807) is 6.07 Å². The van der Waals surface area contributed by atoms with Crippen LogP contribution in [-0.4, -0.2) is 46.0 Å². The van der Waals surface area contributed by atoms with Gasteiger partial charge in [-0.3, -0.25) is 4.79 Å². The molecular formula is C19H26ClN3O4. The number of hydrogen-bond donors (Lipinski definition) is 3. The van der Waals surface area contributed by atoms with Gasteiger partial charge in [0.15, 0.2) is 0 Å². The van der Waals surface area contributed by atoms with Gasteiger partial charge in [-0.05, 0) is 57.7 Å². The van der Waals surface area contributed by atoms with Gasteiger partial charge < -0.3 is 20.6 Å². The summed E-state index contributed by atoms with van der Waals surface area (Å²) in [6.07, 6.45) is 1.14. The number of halogens is 1. The van der Waals surface area contributed by atoms with Gasteiger partial charge in [-0.2, -0.15) is 0 Å². The molecule has 0 bridgehead atoms. The SMILES string of the molecule is CC1CCN(C(=O)c2cc(NC(=O)NC(C)(C)C)ccc2Cl)C(C(=O)O)C1. The molecule has 1 aromatic rings. The van der Waals surface area contributed by atoms with Crippen LogP contribution in [0.3, 0.4) is 0 Å². The van der Waals surface area contributed by atoms with E-state index in [2.05, 4.69) is 10.6 Å². The first-order chi connectivity index (χ1) is 12.5. The molecule has 0 aliphatic carbocycles. The molecule has 27 heavy (non-hydrogen) atoms. The normalized spacial score (nSPS) is 20.1. The Morgan fingerprint density at radius 3 is 2.52 bits per heavy atom. The lowest BCUT2D eigenvalue weighted by atomic mass is 9.92. The first-order valence-corrected chi connectivity index (χ1v) is 9.28. The molecule has 1 heterocycles. The van der Waals surface area contributed by atoms with Crippen molar-refractivity contribution in [2.45, 2.75) is 52.1 Å². The highest BCUT2D eigenvalue weighted by Crippen LogP contribution is 2.28. The quantitative estimate of drug-likeness (QED) is 0.728. The molecule has 2 rings (SSSR count). The number of rotatable bonds is 3. The molecule has 7 nitrogen and oxygen atoms in total. The lowest BCUT2D eigenvalue weighted by Gasteiger charge is -2.36. The zero-order valence-electron chi connectivity index (χ0n) is 16.0. The predicted octanol–water partition coefficient (Wildman–Crippen LogP) is 3.59. The standard InChI is InChI=1S/C19H26ClN3O4/c1-11-7-8-23(15(9-11)17(25)26)16(24)13-10-12(5-6-14(13)20)21-18(27)22-19(2,3)4/h5-6,10-11,15H,7-9H2,1-4H3,(H,25,26)(H2,21,22,27). The number of carbonyl (C=O) groups is 3. The molecule has 2 atom stereocenters. The van der Waals surface area contributed by atoms with E-state index >= 15 is 0 Å². The number of hydrogen-bond acceptors (Lipinski definition) is 3. The van der Waals surface area contributed by atoms with Gasteiger partial charge in [0, 0.05) is 17.8 Å². The largest absolute Gasteiger partial charge is 0.480 e. The number of amides is 3. The highest BCUT2D eigenvalue weighted by Gasteiger charge is 2.35. The number of urea groups is 1. The highest BCUT2D eigenvalue weighted by molar-refractivity contribution is 6.34. The number of nitrogens with one attached hydrogen (secondary N) is 2. The number of carboxylic acids is 1. The number of nitrogens with zero attached hydrogens (tertiary/aromatic N) is 1. The van der Waals surface area contributed by atoms with Crippen LogP contribution >= 0.6 is 11.6 Å². The third-order valence-electron chi connectivity index (χ3n) is 4.35. The summed E-state index contributed by atoms with van der Waals surface area (Å²) in [7, 11) is 0. The molecule has 1 fully saturated rings. The third kappa shape index (κ3) is 5.60. The molecule has 0 saturated carbocycles. The van der Waals surface area contributed by atoms with Crippen molar-refractivity contribution in [3.8, 4) is 0 Å². The maximum atomic E-state index is 13.0. The zero-order chi connectivity index (χ0) is 20.4. The van der Waals surface area contributed by atoms with Gasteiger partial charge in [-0.25, -0.2) is 9.59 Å². The van der Waals surface area contributed by atoms with Crippen LogP contribution in [0.2, 0.25) is 5.02 Å². The number of anilines is 1. The Morgan fingerprint density at radius 2 is 1.93 bits per heavy atom. The topological polar surface area (TPSA) is 98.7 Å². The minimum absolute atomic E-state index is 0.172. The Morgan fingerprint density at radius 1 is 1.26 bits per heavy atom. The summed E-state index contributed by atoms with van der Waals surface area (Å²) < 4.78 is 0. The number of likely N-dealkylation sites (tertiary alicyclic amines) is 1. The molecule has 3 amide bonds. The number of carboxylic acid groups (broad SMARTS) is 1. The molecule has 2 unspecified atom stereocenters. The van der Waals surface area contributed by atoms with Crippen LogP contribution in [0.4, 0.5) is 10.5 Å². The summed E-state index contributed by atoms with van der Waals surface area (Å²) in [4.78, 5) is 37.9. The monoisotopic (exact) mass is 395 g/mol. The average Bonchev–Trinajstić information content (AvgIpc) is 2.54. The van der Waals surface area contributed by atoms with E-state index in [1.165, 1.54) is 17.0 Å². The number of piperidine rings is 1. The van der Waals surface area contributed by atoms with Crippen LogP contribution in [0, 0.1) is 5.92 Å². The van der Waals surface area contributed by atoms with Gasteiger partial charge in [0.1, 0.15) is 6.04 Å². The van der Waals surface area contributed by atoms with Gasteiger partial charge in [-0.15, -0.1) is 0 Å². The molecule has 1 saturated heterocycles. The van der Waals surface area contributed by atoms with Crippen molar-refractivity contribution in [2.24, 2.45) is 5.92 Å². The van der Waals surface area contributed by atoms with Crippen molar-refractivity contribution in [3.05, 3.63) is 28.8 Å². The molecule has 8 heteroatoms. The van der Waals surface area contributed by atoms with Crippen LogP contribution in [0.5, 0.6) is 0 Å². The Kier molecular flexibility index (Phi) is 6.36. The second-order valence-electron chi connectivity index (χ2n) is 8.01. The first-order valence-electron chi connectivity index (χ1n) is 8.90. The fourth-order valence-corrected chi connectivity index (χ4v) is 3.24. The fraction of sp³-hybridized carbons (Fsp3) is 0.526. The molecule has 0 spiro atoms. The molecule has 0 radical (unpaired) electrons. The van der Waals surface area contributed by atoms with E-state index in [4.69, 9.17) is 11.6 Å². The van der Waals surface area contributed by atoms with E-state index in [0.29, 0.717) is 18.7 Å². The van der Waals surface area contributed by atoms with Crippen LogP contribution in [0.1, 0.15) is 50.9 Å². The summed E-state index contributed by atoms with van der Waals surface area (Å²) >= 11 is 6.19. The van der Waals surface area contributed by atoms with Gasteiger partial charge >= 0.3 is 12.0 Å². The Labute approximate surface area is 164 Å². The zero-order valence-corrected chi connectivity index (χ0v) is 16.8. The highest BCUT2D eigenvalue weighted by atomic mass is 35.5. The number of carbonyl (C=O) groups excluding carboxylic acids is 2. The summed E-state index contributed by atoms with van der Waals surface area (Å²) in [5.74, 6) is -1.23. The Bertz CT molecular complexity index is 745. The minimum Gasteiger partial charge on any atom is -0.480 e. The van der Waals surface area contributed by atoms with E-state index in [9.17, 15) is 19.5 Å². The first kappa shape index (κ1) is 21.0. The lowest BCUT2D eigenvalue weighted by Crippen LogP contribution is -2.49. The van der Waals surface area contributed by atoms with Crippen molar-refractivity contribution in [2.75, 3.05) is 11.9 Å². The molecule has 1 aliphatic rings. The summed E-state index contributed by atoms with van der Waals surface area (Å²) in [5.41, 5.74) is 0.168. The molecule has 1 aliphatic heterocycles. The second-order valence-corrected chi connectivity index (χ2v) is 8.41. The van der Waals surface area contributed by atoms with Crippen LogP contribution in [0.25, 0.3) is 0 Å². The molecule has 148 valence electrons. The average molecular weight is 396 g/mol. The third-order valence-corrected chi connectivity index (χ3v) is 4.68. The predicted molar refractivity (Wildman–Crippen MR) is 104 cm³/mol. The maximum absolute atomic E-state index is 13.0. The van der Waals surface area contributed by atoms with Gasteiger partial charge in [0.25, 0.3) is 5.91 Å². The molecule has 1 aromatic carbocycles. The van der Waals surface area contributed by atoms with Crippen molar-refractivity contribution >= 4 is 35.2 Å². The van der Waals surface area contributed by atoms with Gasteiger partial charge in [-0.1, -0.05) is 18.5 Å². The van der Waals surface area contributed by atoms with Gasteiger partial charge in [0.05, 0.1) is 10.6 Å². The van der Waals surface area contributed by atoms with E-state index in [-0.39, 0.29) is 16.5 Å². The summed E-state index contributed by atoms with van der Waals surface area (Å²) in [6.45, 7) is 7.89. The van der Waals surface area contributed by atoms with E-state index < -0.39 is 29.5 Å². The number of benzene rings is 1. The second kappa shape index (κ2) is 8.17. The molecular weight excluding hydrogens is 370 g/mol.